The van der Waals surface area contributed by atoms with E-state index >= 15 is 0 Å². The first-order valence-corrected chi connectivity index (χ1v) is 9.05. The molecule has 8 heteroatoms. The molecule has 0 amide bonds. The normalized spacial score (nSPS) is 13.6. The average Bonchev–Trinajstić information content (AvgIpc) is 3.29. The number of aromatic nitrogens is 5. The third-order valence-electron chi connectivity index (χ3n) is 4.32. The third kappa shape index (κ3) is 3.34. The number of rotatable bonds is 3. The predicted octanol–water partition coefficient (Wildman–Crippen LogP) is 2.78. The average molecular weight is 365 g/mol. The first kappa shape index (κ1) is 16.4. The summed E-state index contributed by atoms with van der Waals surface area (Å²) in [5, 5.41) is 16.7. The molecule has 1 aromatic carbocycles. The second-order valence-corrected chi connectivity index (χ2v) is 6.84. The fourth-order valence-electron chi connectivity index (χ4n) is 2.71. The molecule has 2 aromatic heterocycles. The Balaban J connectivity index is 1.66. The highest BCUT2D eigenvalue weighted by Gasteiger charge is 2.21. The summed E-state index contributed by atoms with van der Waals surface area (Å²) in [5.74, 6) is 6.69. The summed E-state index contributed by atoms with van der Waals surface area (Å²) in [7, 11) is 1.34. The summed E-state index contributed by atoms with van der Waals surface area (Å²) in [6, 6.07) is 5.15. The Bertz CT molecular complexity index is 996. The maximum atomic E-state index is 11.9. The van der Waals surface area contributed by atoms with Gasteiger partial charge in [-0.3, -0.25) is 0 Å². The maximum Gasteiger partial charge on any atom is 0.337 e. The molecule has 7 nitrogen and oxygen atoms in total. The number of hydrogen-bond acceptors (Lipinski definition) is 7. The molecule has 130 valence electrons. The van der Waals surface area contributed by atoms with Crippen molar-refractivity contribution in [2.45, 2.75) is 25.2 Å². The quantitative estimate of drug-likeness (QED) is 0.567. The predicted molar refractivity (Wildman–Crippen MR) is 95.6 cm³/mol. The molecular formula is C18H15N5O2S. The zero-order valence-electron chi connectivity index (χ0n) is 14.0. The summed E-state index contributed by atoms with van der Waals surface area (Å²) < 4.78 is 4.81. The molecule has 1 N–H and O–H groups in total. The maximum absolute atomic E-state index is 11.9. The van der Waals surface area contributed by atoms with Crippen molar-refractivity contribution in [3.05, 3.63) is 45.4 Å². The van der Waals surface area contributed by atoms with Crippen LogP contribution in [0.25, 0.3) is 11.4 Å². The molecular weight excluding hydrogens is 350 g/mol. The number of carbonyl (C=O) groups is 1. The standard InChI is InChI=1S/C18H15N5O2S/c1-25-18(24)14-8-11(7-13(9-14)17-20-22-23-21-17)5-6-16-19-15(10-26-16)12-3-2-4-12/h7-10,12H,2-4H2,1H3,(H,20,21,22,23). The van der Waals surface area contributed by atoms with E-state index in [4.69, 9.17) is 4.74 Å². The Morgan fingerprint density at radius 3 is 2.88 bits per heavy atom. The minimum Gasteiger partial charge on any atom is -0.465 e. The number of nitrogens with zero attached hydrogens (tertiary/aromatic N) is 4. The number of carbonyl (C=O) groups excluding carboxylic acids is 1. The van der Waals surface area contributed by atoms with E-state index in [-0.39, 0.29) is 0 Å². The van der Waals surface area contributed by atoms with Crippen molar-refractivity contribution in [2.24, 2.45) is 0 Å². The Morgan fingerprint density at radius 1 is 1.31 bits per heavy atom. The SMILES string of the molecule is COC(=O)c1cc(C#Cc2nc(C3CCC3)cs2)cc(-c2nn[nH]n2)c1. The molecule has 1 fully saturated rings. The van der Waals surface area contributed by atoms with Gasteiger partial charge in [0.25, 0.3) is 0 Å². The number of hydrogen-bond donors (Lipinski definition) is 1. The molecule has 3 aromatic rings. The van der Waals surface area contributed by atoms with Gasteiger partial charge in [0.05, 0.1) is 18.4 Å². The van der Waals surface area contributed by atoms with E-state index in [1.807, 2.05) is 6.07 Å². The van der Waals surface area contributed by atoms with Gasteiger partial charge in [0.2, 0.25) is 5.82 Å². The molecule has 0 spiro atoms. The summed E-state index contributed by atoms with van der Waals surface area (Å²) in [6.45, 7) is 0. The Morgan fingerprint density at radius 2 is 2.19 bits per heavy atom. The van der Waals surface area contributed by atoms with Gasteiger partial charge >= 0.3 is 5.97 Å². The van der Waals surface area contributed by atoms with Crippen LogP contribution in [0.5, 0.6) is 0 Å². The van der Waals surface area contributed by atoms with E-state index in [1.165, 1.54) is 26.4 Å². The minimum absolute atomic E-state index is 0.383. The van der Waals surface area contributed by atoms with Crippen LogP contribution in [0.2, 0.25) is 0 Å². The lowest BCUT2D eigenvalue weighted by atomic mass is 9.83. The Labute approximate surface area is 153 Å². The second-order valence-electron chi connectivity index (χ2n) is 5.98. The molecule has 1 saturated carbocycles. The number of benzene rings is 1. The van der Waals surface area contributed by atoms with E-state index in [0.717, 1.165) is 10.7 Å². The molecule has 1 aliphatic carbocycles. The molecule has 26 heavy (non-hydrogen) atoms. The van der Waals surface area contributed by atoms with Crippen LogP contribution in [0.1, 0.15) is 51.8 Å². The van der Waals surface area contributed by atoms with Gasteiger partial charge in [-0.05, 0) is 42.2 Å². The minimum atomic E-state index is -0.445. The highest BCUT2D eigenvalue weighted by molar-refractivity contribution is 7.10. The van der Waals surface area contributed by atoms with Crippen molar-refractivity contribution >= 4 is 17.3 Å². The van der Waals surface area contributed by atoms with Crippen LogP contribution in [0, 0.1) is 11.8 Å². The van der Waals surface area contributed by atoms with Crippen molar-refractivity contribution < 1.29 is 9.53 Å². The number of esters is 1. The van der Waals surface area contributed by atoms with Crippen LogP contribution in [0.3, 0.4) is 0 Å². The Hall–Kier alpha value is -3.05. The van der Waals surface area contributed by atoms with E-state index in [1.54, 1.807) is 23.5 Å². The lowest BCUT2D eigenvalue weighted by molar-refractivity contribution is 0.0600. The lowest BCUT2D eigenvalue weighted by Gasteiger charge is -2.22. The van der Waals surface area contributed by atoms with Gasteiger partial charge in [0, 0.05) is 22.4 Å². The van der Waals surface area contributed by atoms with E-state index in [2.05, 4.69) is 42.8 Å². The number of H-pyrrole nitrogens is 1. The van der Waals surface area contributed by atoms with Crippen LogP contribution in [0.4, 0.5) is 0 Å². The molecule has 0 unspecified atom stereocenters. The summed E-state index contributed by atoms with van der Waals surface area (Å²) in [5.41, 5.74) is 2.82. The molecule has 0 radical (unpaired) electrons. The monoisotopic (exact) mass is 365 g/mol. The molecule has 0 saturated heterocycles. The van der Waals surface area contributed by atoms with Gasteiger partial charge in [0.15, 0.2) is 5.01 Å². The third-order valence-corrected chi connectivity index (χ3v) is 5.09. The molecule has 0 aliphatic heterocycles. The highest BCUT2D eigenvalue weighted by atomic mass is 32.1. The molecule has 4 rings (SSSR count). The van der Waals surface area contributed by atoms with Crippen molar-refractivity contribution in [3.63, 3.8) is 0 Å². The number of tetrazole rings is 1. The zero-order chi connectivity index (χ0) is 17.9. The smallest absolute Gasteiger partial charge is 0.337 e. The number of thiazole rings is 1. The van der Waals surface area contributed by atoms with Crippen LogP contribution < -0.4 is 0 Å². The van der Waals surface area contributed by atoms with Crippen LogP contribution in [-0.2, 0) is 4.74 Å². The lowest BCUT2D eigenvalue weighted by Crippen LogP contribution is -2.08. The molecule has 1 aliphatic rings. The van der Waals surface area contributed by atoms with Gasteiger partial charge in [-0.25, -0.2) is 9.78 Å². The van der Waals surface area contributed by atoms with Crippen molar-refractivity contribution in [3.8, 4) is 23.2 Å². The van der Waals surface area contributed by atoms with Gasteiger partial charge < -0.3 is 4.74 Å². The number of aromatic amines is 1. The fourth-order valence-corrected chi connectivity index (χ4v) is 3.45. The highest BCUT2D eigenvalue weighted by Crippen LogP contribution is 2.36. The van der Waals surface area contributed by atoms with Crippen LogP contribution >= 0.6 is 11.3 Å². The van der Waals surface area contributed by atoms with Crippen molar-refractivity contribution in [1.29, 1.82) is 0 Å². The van der Waals surface area contributed by atoms with Crippen LogP contribution in [0.15, 0.2) is 23.6 Å². The number of nitrogens with one attached hydrogen (secondary N) is 1. The fraction of sp³-hybridized carbons (Fsp3) is 0.278. The first-order valence-electron chi connectivity index (χ1n) is 8.17. The van der Waals surface area contributed by atoms with Crippen molar-refractivity contribution in [1.82, 2.24) is 25.6 Å². The number of methoxy groups -OCH3 is 1. The zero-order valence-corrected chi connectivity index (χ0v) is 14.8. The van der Waals surface area contributed by atoms with E-state index < -0.39 is 5.97 Å². The van der Waals surface area contributed by atoms with Gasteiger partial charge in [-0.1, -0.05) is 12.3 Å². The van der Waals surface area contributed by atoms with E-state index in [9.17, 15) is 4.79 Å². The Kier molecular flexibility index (Phi) is 4.46. The largest absolute Gasteiger partial charge is 0.465 e. The molecule has 0 atom stereocenters. The topological polar surface area (TPSA) is 93.6 Å². The van der Waals surface area contributed by atoms with Crippen molar-refractivity contribution in [2.75, 3.05) is 7.11 Å². The summed E-state index contributed by atoms with van der Waals surface area (Å²) in [6.07, 6.45) is 3.71. The summed E-state index contributed by atoms with van der Waals surface area (Å²) in [4.78, 5) is 16.5. The summed E-state index contributed by atoms with van der Waals surface area (Å²) >= 11 is 1.55. The van der Waals surface area contributed by atoms with Gasteiger partial charge in [0.1, 0.15) is 0 Å². The first-order chi connectivity index (χ1) is 12.7. The molecule has 0 bridgehead atoms. The van der Waals surface area contributed by atoms with Crippen LogP contribution in [-0.4, -0.2) is 38.7 Å². The second kappa shape index (κ2) is 7.06. The molecule has 2 heterocycles. The van der Waals surface area contributed by atoms with Gasteiger partial charge in [-0.2, -0.15) is 5.21 Å². The number of ether oxygens (including phenoxy) is 1. The van der Waals surface area contributed by atoms with Gasteiger partial charge in [-0.15, -0.1) is 21.5 Å². The van der Waals surface area contributed by atoms with E-state index in [0.29, 0.717) is 28.4 Å².